The van der Waals surface area contributed by atoms with E-state index in [0.29, 0.717) is 5.92 Å². The second-order valence-electron chi connectivity index (χ2n) is 7.14. The molecule has 0 aliphatic heterocycles. The molecule has 0 heterocycles. The van der Waals surface area contributed by atoms with E-state index in [0.717, 1.165) is 18.7 Å². The third-order valence-electron chi connectivity index (χ3n) is 5.02. The maximum Gasteiger partial charge on any atom is 0.221 e. The van der Waals surface area contributed by atoms with Crippen LogP contribution in [0.3, 0.4) is 0 Å². The molecule has 0 aromatic heterocycles. The van der Waals surface area contributed by atoms with Crippen LogP contribution in [0.4, 0.5) is 5.69 Å². The molecule has 1 unspecified atom stereocenters. The molecular formula is C25H28N2O. The molecule has 3 nitrogen and oxygen atoms in total. The lowest BCUT2D eigenvalue weighted by Gasteiger charge is -2.21. The molecule has 1 atom stereocenters. The summed E-state index contributed by atoms with van der Waals surface area (Å²) in [6.45, 7) is 4.62. The van der Waals surface area contributed by atoms with Crippen molar-refractivity contribution in [3.05, 3.63) is 102 Å². The maximum atomic E-state index is 11.1. The Balaban J connectivity index is 1.61. The van der Waals surface area contributed by atoms with E-state index in [1.54, 1.807) is 0 Å². The van der Waals surface area contributed by atoms with Gasteiger partial charge in [-0.05, 0) is 48.7 Å². The molecule has 3 rings (SSSR count). The van der Waals surface area contributed by atoms with Gasteiger partial charge in [0.1, 0.15) is 0 Å². The minimum Gasteiger partial charge on any atom is -0.326 e. The average molecular weight is 373 g/mol. The van der Waals surface area contributed by atoms with Crippen molar-refractivity contribution in [1.29, 1.82) is 0 Å². The van der Waals surface area contributed by atoms with Crippen molar-refractivity contribution in [2.75, 3.05) is 11.9 Å². The van der Waals surface area contributed by atoms with Crippen molar-refractivity contribution < 1.29 is 4.79 Å². The van der Waals surface area contributed by atoms with Gasteiger partial charge in [-0.15, -0.1) is 0 Å². The lowest BCUT2D eigenvalue weighted by Crippen LogP contribution is -2.22. The highest BCUT2D eigenvalue weighted by atomic mass is 16.1. The van der Waals surface area contributed by atoms with E-state index in [1.165, 1.54) is 23.6 Å². The standard InChI is InChI=1S/C25H28N2O/c1-19(21-13-15-24(16-14-21)27-20(2)28)26-18-17-25(22-9-5-3-6-10-22)23-11-7-4-8-12-23/h3-16,19,25-26H,17-18H2,1-2H3,(H,27,28). The molecule has 144 valence electrons. The van der Waals surface area contributed by atoms with E-state index in [2.05, 4.69) is 90.4 Å². The number of carbonyl (C=O) groups excluding carboxylic acids is 1. The van der Waals surface area contributed by atoms with Crippen LogP contribution in [0.25, 0.3) is 0 Å². The van der Waals surface area contributed by atoms with Crippen LogP contribution in [-0.4, -0.2) is 12.5 Å². The predicted octanol–water partition coefficient (Wildman–Crippen LogP) is 5.52. The number of anilines is 1. The number of hydrogen-bond acceptors (Lipinski definition) is 2. The van der Waals surface area contributed by atoms with E-state index < -0.39 is 0 Å². The van der Waals surface area contributed by atoms with E-state index in [9.17, 15) is 4.79 Å². The summed E-state index contributed by atoms with van der Waals surface area (Å²) in [6, 6.07) is 29.7. The molecule has 28 heavy (non-hydrogen) atoms. The molecule has 1 amide bonds. The SMILES string of the molecule is CC(=O)Nc1ccc(C(C)NCCC(c2ccccc2)c2ccccc2)cc1. The van der Waals surface area contributed by atoms with Crippen molar-refractivity contribution in [2.45, 2.75) is 32.2 Å². The largest absolute Gasteiger partial charge is 0.326 e. The molecule has 3 heteroatoms. The number of rotatable bonds is 8. The topological polar surface area (TPSA) is 41.1 Å². The van der Waals surface area contributed by atoms with Crippen molar-refractivity contribution in [1.82, 2.24) is 5.32 Å². The molecule has 3 aromatic rings. The molecule has 0 saturated carbocycles. The molecule has 0 aliphatic carbocycles. The first-order valence-electron chi connectivity index (χ1n) is 9.84. The molecule has 3 aromatic carbocycles. The zero-order chi connectivity index (χ0) is 19.8. The number of nitrogens with one attached hydrogen (secondary N) is 2. The molecule has 0 bridgehead atoms. The predicted molar refractivity (Wildman–Crippen MR) is 117 cm³/mol. The van der Waals surface area contributed by atoms with E-state index in [1.807, 2.05) is 12.1 Å². The van der Waals surface area contributed by atoms with E-state index in [-0.39, 0.29) is 11.9 Å². The Morgan fingerprint density at radius 3 is 1.82 bits per heavy atom. The van der Waals surface area contributed by atoms with Gasteiger partial charge in [0.25, 0.3) is 0 Å². The quantitative estimate of drug-likeness (QED) is 0.547. The van der Waals surface area contributed by atoms with Crippen LogP contribution in [0.2, 0.25) is 0 Å². The van der Waals surface area contributed by atoms with Crippen LogP contribution in [-0.2, 0) is 4.79 Å². The lowest BCUT2D eigenvalue weighted by molar-refractivity contribution is -0.114. The Morgan fingerprint density at radius 2 is 1.32 bits per heavy atom. The van der Waals surface area contributed by atoms with Crippen molar-refractivity contribution >= 4 is 11.6 Å². The van der Waals surface area contributed by atoms with Crippen LogP contribution < -0.4 is 10.6 Å². The van der Waals surface area contributed by atoms with Gasteiger partial charge in [-0.2, -0.15) is 0 Å². The molecule has 0 saturated heterocycles. The van der Waals surface area contributed by atoms with Gasteiger partial charge in [-0.3, -0.25) is 4.79 Å². The van der Waals surface area contributed by atoms with Crippen molar-refractivity contribution in [2.24, 2.45) is 0 Å². The van der Waals surface area contributed by atoms with Gasteiger partial charge in [0.05, 0.1) is 0 Å². The summed E-state index contributed by atoms with van der Waals surface area (Å²) in [5.74, 6) is 0.330. The van der Waals surface area contributed by atoms with Crippen molar-refractivity contribution in [3.63, 3.8) is 0 Å². The van der Waals surface area contributed by atoms with Crippen LogP contribution >= 0.6 is 0 Å². The lowest BCUT2D eigenvalue weighted by atomic mass is 9.88. The molecule has 2 N–H and O–H groups in total. The van der Waals surface area contributed by atoms with E-state index in [4.69, 9.17) is 0 Å². The van der Waals surface area contributed by atoms with Crippen molar-refractivity contribution in [3.8, 4) is 0 Å². The second-order valence-corrected chi connectivity index (χ2v) is 7.14. The molecule has 0 fully saturated rings. The number of hydrogen-bond donors (Lipinski definition) is 2. The fourth-order valence-electron chi connectivity index (χ4n) is 3.52. The van der Waals surface area contributed by atoms with Crippen LogP contribution in [0, 0.1) is 0 Å². The second kappa shape index (κ2) is 9.86. The summed E-state index contributed by atoms with van der Waals surface area (Å²) in [7, 11) is 0. The summed E-state index contributed by atoms with van der Waals surface area (Å²) in [6.07, 6.45) is 1.03. The summed E-state index contributed by atoms with van der Waals surface area (Å²) >= 11 is 0. The minimum atomic E-state index is -0.0493. The molecule has 0 aliphatic rings. The zero-order valence-corrected chi connectivity index (χ0v) is 16.6. The molecule has 0 spiro atoms. The monoisotopic (exact) mass is 372 g/mol. The third-order valence-corrected chi connectivity index (χ3v) is 5.02. The number of amides is 1. The summed E-state index contributed by atoms with van der Waals surface area (Å²) in [5, 5.41) is 6.45. The Bertz CT molecular complexity index is 821. The highest BCUT2D eigenvalue weighted by Gasteiger charge is 2.14. The average Bonchev–Trinajstić information content (AvgIpc) is 2.72. The number of carbonyl (C=O) groups is 1. The first-order chi connectivity index (χ1) is 13.6. The Morgan fingerprint density at radius 1 is 0.786 bits per heavy atom. The van der Waals surface area contributed by atoms with Gasteiger partial charge in [0.15, 0.2) is 0 Å². The van der Waals surface area contributed by atoms with Gasteiger partial charge in [-0.1, -0.05) is 72.8 Å². The number of benzene rings is 3. The van der Waals surface area contributed by atoms with Gasteiger partial charge in [-0.25, -0.2) is 0 Å². The Kier molecular flexibility index (Phi) is 6.99. The van der Waals surface area contributed by atoms with Crippen LogP contribution in [0.5, 0.6) is 0 Å². The Labute approximate surface area is 167 Å². The smallest absolute Gasteiger partial charge is 0.221 e. The van der Waals surface area contributed by atoms with Crippen LogP contribution in [0.15, 0.2) is 84.9 Å². The summed E-state index contributed by atoms with van der Waals surface area (Å²) in [4.78, 5) is 11.1. The molecular weight excluding hydrogens is 344 g/mol. The fraction of sp³-hybridized carbons (Fsp3) is 0.240. The maximum absolute atomic E-state index is 11.1. The normalized spacial score (nSPS) is 12.0. The zero-order valence-electron chi connectivity index (χ0n) is 16.6. The van der Waals surface area contributed by atoms with Gasteiger partial charge >= 0.3 is 0 Å². The first-order valence-corrected chi connectivity index (χ1v) is 9.84. The highest BCUT2D eigenvalue weighted by molar-refractivity contribution is 5.88. The Hall–Kier alpha value is -2.91. The van der Waals surface area contributed by atoms with Crippen LogP contribution in [0.1, 0.15) is 48.9 Å². The summed E-state index contributed by atoms with van der Waals surface area (Å²) in [5.41, 5.74) is 4.74. The first kappa shape index (κ1) is 19.8. The van der Waals surface area contributed by atoms with Gasteiger partial charge < -0.3 is 10.6 Å². The third kappa shape index (κ3) is 5.54. The van der Waals surface area contributed by atoms with E-state index >= 15 is 0 Å². The summed E-state index contributed by atoms with van der Waals surface area (Å²) < 4.78 is 0. The fourth-order valence-corrected chi connectivity index (χ4v) is 3.52. The van der Waals surface area contributed by atoms with Gasteiger partial charge in [0.2, 0.25) is 5.91 Å². The molecule has 0 radical (unpaired) electrons. The highest BCUT2D eigenvalue weighted by Crippen LogP contribution is 2.27. The van der Waals surface area contributed by atoms with Gasteiger partial charge in [0, 0.05) is 24.6 Å². The minimum absolute atomic E-state index is 0.0493.